The van der Waals surface area contributed by atoms with Gasteiger partial charge in [0, 0.05) is 24.9 Å². The van der Waals surface area contributed by atoms with Gasteiger partial charge in [-0.25, -0.2) is 14.5 Å². The van der Waals surface area contributed by atoms with E-state index in [9.17, 15) is 4.79 Å². The van der Waals surface area contributed by atoms with Crippen LogP contribution in [0, 0.1) is 13.8 Å². The number of nitrogens with zero attached hydrogens (tertiary/aromatic N) is 5. The Bertz CT molecular complexity index is 1840. The minimum atomic E-state index is -0.0885. The van der Waals surface area contributed by atoms with Crippen molar-refractivity contribution < 1.29 is 23.4 Å². The van der Waals surface area contributed by atoms with Crippen LogP contribution in [0.1, 0.15) is 25.9 Å². The van der Waals surface area contributed by atoms with Crippen molar-refractivity contribution in [2.45, 2.75) is 20.5 Å². The molecule has 0 saturated carbocycles. The summed E-state index contributed by atoms with van der Waals surface area (Å²) in [5.41, 5.74) is 3.67. The second kappa shape index (κ2) is 10.3. The highest BCUT2D eigenvalue weighted by molar-refractivity contribution is 7.18. The molecule has 0 saturated heterocycles. The first-order valence-corrected chi connectivity index (χ1v) is 13.9. The Balaban J connectivity index is 1.25. The molecule has 0 fully saturated rings. The number of anilines is 1. The number of amides is 1. The summed E-state index contributed by atoms with van der Waals surface area (Å²) in [6.45, 7) is 4.03. The topological polar surface area (TPSA) is 104 Å². The van der Waals surface area contributed by atoms with Crippen LogP contribution < -0.4 is 19.1 Å². The molecule has 0 aliphatic rings. The van der Waals surface area contributed by atoms with E-state index >= 15 is 0 Å². The van der Waals surface area contributed by atoms with Gasteiger partial charge in [0.25, 0.3) is 11.1 Å². The van der Waals surface area contributed by atoms with E-state index in [0.717, 1.165) is 27.3 Å². The summed E-state index contributed by atoms with van der Waals surface area (Å²) in [7, 11) is 4.94. The summed E-state index contributed by atoms with van der Waals surface area (Å²) in [6, 6.07) is 13.3. The molecule has 0 aliphatic heterocycles. The molecule has 0 bridgehead atoms. The van der Waals surface area contributed by atoms with Gasteiger partial charge in [-0.2, -0.15) is 0 Å². The maximum absolute atomic E-state index is 13.1. The summed E-state index contributed by atoms with van der Waals surface area (Å²) in [6.07, 6.45) is 1.79. The van der Waals surface area contributed by atoms with E-state index in [2.05, 4.69) is 15.1 Å². The molecule has 4 heterocycles. The van der Waals surface area contributed by atoms with Crippen molar-refractivity contribution in [3.8, 4) is 28.1 Å². The summed E-state index contributed by atoms with van der Waals surface area (Å²) in [5, 5.41) is 6.52. The molecule has 1 amide bonds. The second-order valence-electron chi connectivity index (χ2n) is 9.04. The molecule has 4 aromatic heterocycles. The van der Waals surface area contributed by atoms with Crippen molar-refractivity contribution in [2.24, 2.45) is 0 Å². The third kappa shape index (κ3) is 4.75. The number of carbonyl (C=O) groups excluding carboxylic acids is 1. The average molecular weight is 576 g/mol. The molecule has 6 aromatic rings. The lowest BCUT2D eigenvalue weighted by molar-refractivity contribution is 0.0996. The third-order valence-corrected chi connectivity index (χ3v) is 8.30. The third-order valence-electron chi connectivity index (χ3n) is 6.35. The number of imidazole rings is 1. The van der Waals surface area contributed by atoms with Crippen LogP contribution in [0.4, 0.5) is 5.69 Å². The minimum Gasteiger partial charge on any atom is -0.496 e. The average Bonchev–Trinajstić information content (AvgIpc) is 3.72. The van der Waals surface area contributed by atoms with Crippen LogP contribution >= 0.6 is 22.7 Å². The molecule has 0 N–H and O–H groups in total. The zero-order valence-electron chi connectivity index (χ0n) is 22.4. The van der Waals surface area contributed by atoms with Crippen LogP contribution in [0.5, 0.6) is 16.7 Å². The Kier molecular flexibility index (Phi) is 6.64. The van der Waals surface area contributed by atoms with Gasteiger partial charge in [-0.3, -0.25) is 4.79 Å². The first kappa shape index (κ1) is 25.8. The standard InChI is InChI=1S/C28H25N5O5S2/c1-15-25(39-16(2)29-15)26(34)32(3)18-8-6-7-17(9-18)14-37-22-10-19(35-4)11-23-20(22)12-24(38-23)21-13-33-27(30-21)40-28(31-33)36-5/h6-13H,14H2,1-5H3. The van der Waals surface area contributed by atoms with E-state index in [-0.39, 0.29) is 12.5 Å². The number of hydrogen-bond acceptors (Lipinski definition) is 10. The van der Waals surface area contributed by atoms with E-state index in [1.165, 1.54) is 22.7 Å². The van der Waals surface area contributed by atoms with Gasteiger partial charge in [-0.05, 0) is 48.9 Å². The number of methoxy groups -OCH3 is 2. The molecule has 0 unspecified atom stereocenters. The number of rotatable bonds is 8. The van der Waals surface area contributed by atoms with Gasteiger partial charge in [-0.15, -0.1) is 16.4 Å². The number of hydrogen-bond donors (Lipinski definition) is 0. The van der Waals surface area contributed by atoms with Gasteiger partial charge < -0.3 is 23.5 Å². The molecule has 0 radical (unpaired) electrons. The zero-order valence-corrected chi connectivity index (χ0v) is 24.1. The summed E-state index contributed by atoms with van der Waals surface area (Å²) in [5.74, 6) is 1.71. The first-order valence-electron chi connectivity index (χ1n) is 12.3. The number of furan rings is 1. The van der Waals surface area contributed by atoms with Crippen LogP contribution in [-0.4, -0.2) is 46.8 Å². The number of ether oxygens (including phenoxy) is 3. The lowest BCUT2D eigenvalue weighted by Crippen LogP contribution is -2.26. The van der Waals surface area contributed by atoms with Gasteiger partial charge in [0.1, 0.15) is 34.3 Å². The fraction of sp³-hybridized carbons (Fsp3) is 0.214. The summed E-state index contributed by atoms with van der Waals surface area (Å²) >= 11 is 2.75. The quantitative estimate of drug-likeness (QED) is 0.213. The van der Waals surface area contributed by atoms with Gasteiger partial charge >= 0.3 is 0 Å². The molecule has 0 aliphatic carbocycles. The monoisotopic (exact) mass is 575 g/mol. The van der Waals surface area contributed by atoms with E-state index in [1.807, 2.05) is 56.3 Å². The highest BCUT2D eigenvalue weighted by Crippen LogP contribution is 2.37. The maximum Gasteiger partial charge on any atom is 0.294 e. The molecule has 12 heteroatoms. The molecule has 40 heavy (non-hydrogen) atoms. The smallest absolute Gasteiger partial charge is 0.294 e. The van der Waals surface area contributed by atoms with Gasteiger partial charge in [-0.1, -0.05) is 12.1 Å². The van der Waals surface area contributed by atoms with Crippen molar-refractivity contribution in [1.29, 1.82) is 0 Å². The lowest BCUT2D eigenvalue weighted by atomic mass is 10.2. The van der Waals surface area contributed by atoms with E-state index in [1.54, 1.807) is 36.9 Å². The lowest BCUT2D eigenvalue weighted by Gasteiger charge is -2.18. The Morgan fingerprint density at radius 3 is 2.65 bits per heavy atom. The molecule has 0 spiro atoms. The first-order chi connectivity index (χ1) is 19.3. The molecular weight excluding hydrogens is 550 g/mol. The Hall–Kier alpha value is -4.42. The van der Waals surface area contributed by atoms with Crippen molar-refractivity contribution >= 4 is 50.2 Å². The second-order valence-corrected chi connectivity index (χ2v) is 11.2. The van der Waals surface area contributed by atoms with Crippen LogP contribution in [0.25, 0.3) is 27.4 Å². The predicted molar refractivity (Wildman–Crippen MR) is 154 cm³/mol. The van der Waals surface area contributed by atoms with Gasteiger partial charge in [0.2, 0.25) is 4.96 Å². The largest absolute Gasteiger partial charge is 0.496 e. The van der Waals surface area contributed by atoms with Crippen molar-refractivity contribution in [1.82, 2.24) is 19.6 Å². The number of benzene rings is 2. The van der Waals surface area contributed by atoms with Crippen LogP contribution in [-0.2, 0) is 6.61 Å². The highest BCUT2D eigenvalue weighted by Gasteiger charge is 2.20. The van der Waals surface area contributed by atoms with Gasteiger partial charge in [0.05, 0.1) is 36.5 Å². The molecule has 204 valence electrons. The van der Waals surface area contributed by atoms with E-state index in [4.69, 9.17) is 18.6 Å². The number of fused-ring (bicyclic) bond motifs is 2. The molecule has 2 aromatic carbocycles. The predicted octanol–water partition coefficient (Wildman–Crippen LogP) is 6.15. The van der Waals surface area contributed by atoms with Crippen LogP contribution in [0.3, 0.4) is 0 Å². The molecular formula is C28H25N5O5S2. The fourth-order valence-electron chi connectivity index (χ4n) is 4.34. The number of aromatic nitrogens is 4. The Labute approximate surface area is 237 Å². The summed E-state index contributed by atoms with van der Waals surface area (Å²) in [4.78, 5) is 25.1. The zero-order chi connectivity index (χ0) is 28.0. The van der Waals surface area contributed by atoms with Crippen molar-refractivity contribution in [3.63, 3.8) is 0 Å². The number of carbonyl (C=O) groups is 1. The van der Waals surface area contributed by atoms with Crippen LogP contribution in [0.2, 0.25) is 0 Å². The summed E-state index contributed by atoms with van der Waals surface area (Å²) < 4.78 is 24.7. The highest BCUT2D eigenvalue weighted by atomic mass is 32.1. The van der Waals surface area contributed by atoms with Crippen molar-refractivity contribution in [3.05, 3.63) is 69.8 Å². The minimum absolute atomic E-state index is 0.0885. The molecule has 0 atom stereocenters. The SMILES string of the molecule is COc1cc(OCc2cccc(N(C)C(=O)c3sc(C)nc3C)c2)c2cc(-c3cn4nc(OC)sc4n3)oc2c1. The molecule has 6 rings (SSSR count). The number of thiazole rings is 1. The Morgan fingerprint density at radius 2 is 1.93 bits per heavy atom. The van der Waals surface area contributed by atoms with E-state index < -0.39 is 0 Å². The fourth-order valence-corrected chi connectivity index (χ4v) is 5.94. The number of aryl methyl sites for hydroxylation is 2. The van der Waals surface area contributed by atoms with Gasteiger partial charge in [0.15, 0.2) is 5.76 Å². The van der Waals surface area contributed by atoms with Crippen molar-refractivity contribution in [2.75, 3.05) is 26.2 Å². The molecule has 10 nitrogen and oxygen atoms in total. The van der Waals surface area contributed by atoms with E-state index in [0.29, 0.717) is 43.6 Å². The normalized spacial score (nSPS) is 11.3. The maximum atomic E-state index is 13.1. The van der Waals surface area contributed by atoms with Crippen LogP contribution in [0.15, 0.2) is 53.1 Å². The Morgan fingerprint density at radius 1 is 1.07 bits per heavy atom.